The van der Waals surface area contributed by atoms with E-state index in [2.05, 4.69) is 15.9 Å². The molecule has 0 unspecified atom stereocenters. The molecule has 0 atom stereocenters. The first-order chi connectivity index (χ1) is 14.6. The molecule has 6 heteroatoms. The van der Waals surface area contributed by atoms with E-state index < -0.39 is 0 Å². The summed E-state index contributed by atoms with van der Waals surface area (Å²) in [4.78, 5) is 12.8. The van der Waals surface area contributed by atoms with Crippen LogP contribution in [0.4, 0.5) is 0 Å². The second-order valence-electron chi connectivity index (χ2n) is 6.62. The molecular weight excluding hydrogens is 448 g/mol. The van der Waals surface area contributed by atoms with Gasteiger partial charge in [-0.25, -0.2) is 0 Å². The van der Waals surface area contributed by atoms with Crippen molar-refractivity contribution in [2.75, 3.05) is 14.2 Å². The molecule has 0 fully saturated rings. The van der Waals surface area contributed by atoms with Crippen molar-refractivity contribution in [2.24, 2.45) is 0 Å². The Balaban J connectivity index is 1.54. The lowest BCUT2D eigenvalue weighted by molar-refractivity contribution is 0.101. The molecular formula is C24H19BrO5. The summed E-state index contributed by atoms with van der Waals surface area (Å²) in [5.74, 6) is 2.42. The average molecular weight is 467 g/mol. The maximum Gasteiger partial charge on any atom is 0.231 e. The smallest absolute Gasteiger partial charge is 0.231 e. The number of rotatable bonds is 6. The summed E-state index contributed by atoms with van der Waals surface area (Å²) in [7, 11) is 3.16. The minimum Gasteiger partial charge on any atom is -0.497 e. The van der Waals surface area contributed by atoms with Crippen LogP contribution >= 0.6 is 15.9 Å². The molecule has 3 aromatic carbocycles. The Morgan fingerprint density at radius 2 is 1.70 bits per heavy atom. The maximum absolute atomic E-state index is 12.8. The zero-order chi connectivity index (χ0) is 21.1. The van der Waals surface area contributed by atoms with Crippen molar-refractivity contribution in [2.45, 2.75) is 6.61 Å². The highest BCUT2D eigenvalue weighted by Gasteiger charge is 2.28. The summed E-state index contributed by atoms with van der Waals surface area (Å²) in [6, 6.07) is 18.5. The van der Waals surface area contributed by atoms with Gasteiger partial charge in [0.2, 0.25) is 5.78 Å². The van der Waals surface area contributed by atoms with Gasteiger partial charge < -0.3 is 18.9 Å². The summed E-state index contributed by atoms with van der Waals surface area (Å²) in [6.07, 6.45) is 1.66. The normalized spacial score (nSPS) is 13.7. The quantitative estimate of drug-likeness (QED) is 0.438. The number of hydrogen-bond acceptors (Lipinski definition) is 5. The maximum atomic E-state index is 12.8. The fourth-order valence-electron chi connectivity index (χ4n) is 3.10. The number of methoxy groups -OCH3 is 2. The average Bonchev–Trinajstić information content (AvgIpc) is 3.08. The van der Waals surface area contributed by atoms with Gasteiger partial charge in [0, 0.05) is 16.1 Å². The molecule has 1 aliphatic heterocycles. The summed E-state index contributed by atoms with van der Waals surface area (Å²) in [5, 5.41) is 0. The van der Waals surface area contributed by atoms with Crippen molar-refractivity contribution in [3.8, 4) is 23.0 Å². The summed E-state index contributed by atoms with van der Waals surface area (Å²) < 4.78 is 23.3. The van der Waals surface area contributed by atoms with E-state index in [1.807, 2.05) is 24.3 Å². The fourth-order valence-corrected chi connectivity index (χ4v) is 3.36. The van der Waals surface area contributed by atoms with Gasteiger partial charge >= 0.3 is 0 Å². The second-order valence-corrected chi connectivity index (χ2v) is 7.54. The topological polar surface area (TPSA) is 54.0 Å². The van der Waals surface area contributed by atoms with Crippen LogP contribution in [0.2, 0.25) is 0 Å². The van der Waals surface area contributed by atoms with Gasteiger partial charge in [-0.1, -0.05) is 28.1 Å². The van der Waals surface area contributed by atoms with E-state index in [0.717, 1.165) is 10.0 Å². The van der Waals surface area contributed by atoms with Crippen LogP contribution in [-0.2, 0) is 6.61 Å². The van der Waals surface area contributed by atoms with E-state index in [9.17, 15) is 4.79 Å². The number of allylic oxidation sites excluding steroid dienone is 1. The van der Waals surface area contributed by atoms with Crippen molar-refractivity contribution >= 4 is 27.8 Å². The first-order valence-electron chi connectivity index (χ1n) is 9.25. The highest BCUT2D eigenvalue weighted by molar-refractivity contribution is 9.10. The van der Waals surface area contributed by atoms with Crippen LogP contribution in [0, 0.1) is 0 Å². The molecule has 0 radical (unpaired) electrons. The minimum absolute atomic E-state index is 0.186. The zero-order valence-corrected chi connectivity index (χ0v) is 18.1. The van der Waals surface area contributed by atoms with Crippen LogP contribution in [0.1, 0.15) is 21.5 Å². The highest BCUT2D eigenvalue weighted by Crippen LogP contribution is 2.36. The molecule has 0 saturated carbocycles. The Labute approximate surface area is 183 Å². The van der Waals surface area contributed by atoms with Crippen molar-refractivity contribution in [1.82, 2.24) is 0 Å². The highest BCUT2D eigenvalue weighted by atomic mass is 79.9. The van der Waals surface area contributed by atoms with Crippen LogP contribution < -0.4 is 18.9 Å². The minimum atomic E-state index is -0.186. The van der Waals surface area contributed by atoms with E-state index >= 15 is 0 Å². The number of carbonyl (C=O) groups is 1. The molecule has 0 aromatic heterocycles. The molecule has 1 aliphatic rings. The van der Waals surface area contributed by atoms with E-state index in [4.69, 9.17) is 18.9 Å². The van der Waals surface area contributed by atoms with Gasteiger partial charge in [-0.15, -0.1) is 0 Å². The SMILES string of the molecule is COc1ccc(OC)c(C=C2Oc3cc(OCc4ccc(Br)cc4)ccc3C2=O)c1. The summed E-state index contributed by atoms with van der Waals surface area (Å²) in [5.41, 5.74) is 2.24. The molecule has 0 saturated heterocycles. The lowest BCUT2D eigenvalue weighted by Crippen LogP contribution is -1.99. The Morgan fingerprint density at radius 3 is 2.43 bits per heavy atom. The van der Waals surface area contributed by atoms with Gasteiger partial charge in [-0.05, 0) is 54.1 Å². The molecule has 3 aromatic rings. The summed E-state index contributed by atoms with van der Waals surface area (Å²) >= 11 is 3.42. The van der Waals surface area contributed by atoms with Crippen molar-refractivity contribution in [1.29, 1.82) is 0 Å². The number of hydrogen-bond donors (Lipinski definition) is 0. The molecule has 0 N–H and O–H groups in total. The molecule has 0 aliphatic carbocycles. The van der Waals surface area contributed by atoms with Crippen molar-refractivity contribution in [3.63, 3.8) is 0 Å². The van der Waals surface area contributed by atoms with Crippen molar-refractivity contribution in [3.05, 3.63) is 87.6 Å². The van der Waals surface area contributed by atoms with Crippen LogP contribution in [0.25, 0.3) is 6.08 Å². The van der Waals surface area contributed by atoms with Crippen LogP contribution in [0.3, 0.4) is 0 Å². The molecule has 152 valence electrons. The third-order valence-electron chi connectivity index (χ3n) is 4.68. The van der Waals surface area contributed by atoms with Crippen LogP contribution in [-0.4, -0.2) is 20.0 Å². The lowest BCUT2D eigenvalue weighted by atomic mass is 10.1. The number of halogens is 1. The van der Waals surface area contributed by atoms with E-state index in [1.54, 1.807) is 56.7 Å². The Bertz CT molecular complexity index is 1120. The second kappa shape index (κ2) is 8.63. The van der Waals surface area contributed by atoms with Gasteiger partial charge in [-0.3, -0.25) is 4.79 Å². The predicted octanol–water partition coefficient (Wildman–Crippen LogP) is 5.66. The third-order valence-corrected chi connectivity index (χ3v) is 5.21. The predicted molar refractivity (Wildman–Crippen MR) is 117 cm³/mol. The first-order valence-corrected chi connectivity index (χ1v) is 10.0. The molecule has 30 heavy (non-hydrogen) atoms. The first kappa shape index (κ1) is 20.0. The fraction of sp³-hybridized carbons (Fsp3) is 0.125. The number of ketones is 1. The van der Waals surface area contributed by atoms with Gasteiger partial charge in [-0.2, -0.15) is 0 Å². The van der Waals surface area contributed by atoms with Crippen LogP contribution in [0.5, 0.6) is 23.0 Å². The Morgan fingerprint density at radius 1 is 0.933 bits per heavy atom. The Kier molecular flexibility index (Phi) is 5.77. The largest absolute Gasteiger partial charge is 0.497 e. The van der Waals surface area contributed by atoms with E-state index in [1.165, 1.54) is 0 Å². The van der Waals surface area contributed by atoms with E-state index in [-0.39, 0.29) is 11.5 Å². The number of Topliss-reactive ketones (excluding diaryl/α,β-unsaturated/α-hetero) is 1. The van der Waals surface area contributed by atoms with Gasteiger partial charge in [0.25, 0.3) is 0 Å². The van der Waals surface area contributed by atoms with E-state index in [0.29, 0.717) is 40.7 Å². The van der Waals surface area contributed by atoms with Crippen molar-refractivity contribution < 1.29 is 23.7 Å². The molecule has 0 amide bonds. The molecule has 0 spiro atoms. The monoisotopic (exact) mass is 466 g/mol. The van der Waals surface area contributed by atoms with Gasteiger partial charge in [0.05, 0.1) is 19.8 Å². The molecule has 5 nitrogen and oxygen atoms in total. The number of benzene rings is 3. The zero-order valence-electron chi connectivity index (χ0n) is 16.5. The standard InChI is InChI=1S/C24H19BrO5/c1-27-18-8-10-21(28-2)16(11-18)12-23-24(26)20-9-7-19(13-22(20)30-23)29-14-15-3-5-17(25)6-4-15/h3-13H,14H2,1-2H3. The number of ether oxygens (including phenoxy) is 4. The number of fused-ring (bicyclic) bond motifs is 1. The number of carbonyl (C=O) groups excluding carboxylic acids is 1. The van der Waals surface area contributed by atoms with Crippen LogP contribution in [0.15, 0.2) is 70.9 Å². The van der Waals surface area contributed by atoms with Gasteiger partial charge in [0.15, 0.2) is 5.76 Å². The lowest BCUT2D eigenvalue weighted by Gasteiger charge is -2.08. The van der Waals surface area contributed by atoms with Gasteiger partial charge in [0.1, 0.15) is 29.6 Å². The molecule has 0 bridgehead atoms. The third kappa shape index (κ3) is 4.19. The Hall–Kier alpha value is -3.25. The molecule has 1 heterocycles. The molecule has 4 rings (SSSR count). The summed E-state index contributed by atoms with van der Waals surface area (Å²) in [6.45, 7) is 0.420.